The van der Waals surface area contributed by atoms with E-state index in [9.17, 15) is 14.4 Å². The molecule has 0 saturated heterocycles. The van der Waals surface area contributed by atoms with Crippen molar-refractivity contribution in [2.75, 3.05) is 23.9 Å². The standard InChI is InChI=1S/C28H31N3O4/c1-19(32)20-10-16-24(17-11-20)31(28(34)25-9-6-18-35-25)26(27(33)29-22-7-4-5-8-22)21-12-14-23(15-13-21)30(2)3/h6,9-18,22,26H,4-5,7-8H2,1-3H3,(H,29,33)/t26-/m0/s1. The Morgan fingerprint density at radius 1 is 0.914 bits per heavy atom. The van der Waals surface area contributed by atoms with Crippen LogP contribution in [0, 0.1) is 0 Å². The molecule has 1 N–H and O–H groups in total. The van der Waals surface area contributed by atoms with Crippen LogP contribution in [0.5, 0.6) is 0 Å². The Bertz CT molecular complexity index is 1160. The van der Waals surface area contributed by atoms with Gasteiger partial charge in [0.25, 0.3) is 5.91 Å². The van der Waals surface area contributed by atoms with Crippen LogP contribution < -0.4 is 15.1 Å². The SMILES string of the molecule is CC(=O)c1ccc(N(C(=O)c2ccco2)[C@H](C(=O)NC2CCCC2)c2ccc(N(C)C)cc2)cc1. The second-order valence-electron chi connectivity index (χ2n) is 9.13. The topological polar surface area (TPSA) is 82.9 Å². The van der Waals surface area contributed by atoms with E-state index in [1.54, 1.807) is 36.4 Å². The highest BCUT2D eigenvalue weighted by Crippen LogP contribution is 2.32. The van der Waals surface area contributed by atoms with Crippen molar-refractivity contribution in [3.8, 4) is 0 Å². The van der Waals surface area contributed by atoms with Gasteiger partial charge < -0.3 is 14.6 Å². The Morgan fingerprint density at radius 3 is 2.09 bits per heavy atom. The zero-order valence-corrected chi connectivity index (χ0v) is 20.4. The largest absolute Gasteiger partial charge is 0.459 e. The molecule has 1 atom stereocenters. The predicted molar refractivity (Wildman–Crippen MR) is 136 cm³/mol. The molecule has 0 bridgehead atoms. The number of hydrogen-bond donors (Lipinski definition) is 1. The molecule has 0 spiro atoms. The molecule has 35 heavy (non-hydrogen) atoms. The van der Waals surface area contributed by atoms with Gasteiger partial charge in [-0.15, -0.1) is 0 Å². The number of furan rings is 1. The van der Waals surface area contributed by atoms with Crippen LogP contribution >= 0.6 is 0 Å². The molecular formula is C28H31N3O4. The Morgan fingerprint density at radius 2 is 1.54 bits per heavy atom. The van der Waals surface area contributed by atoms with E-state index in [1.807, 2.05) is 43.3 Å². The molecule has 1 saturated carbocycles. The number of anilines is 2. The minimum Gasteiger partial charge on any atom is -0.459 e. The van der Waals surface area contributed by atoms with Gasteiger partial charge in [0, 0.05) is 37.1 Å². The first kappa shape index (κ1) is 24.3. The number of benzene rings is 2. The lowest BCUT2D eigenvalue weighted by atomic mass is 10.0. The van der Waals surface area contributed by atoms with Crippen molar-refractivity contribution in [3.05, 3.63) is 83.8 Å². The van der Waals surface area contributed by atoms with Gasteiger partial charge in [-0.2, -0.15) is 0 Å². The second-order valence-corrected chi connectivity index (χ2v) is 9.13. The average molecular weight is 474 g/mol. The highest BCUT2D eigenvalue weighted by Gasteiger charge is 2.35. The molecule has 0 unspecified atom stereocenters. The zero-order valence-electron chi connectivity index (χ0n) is 20.4. The van der Waals surface area contributed by atoms with Crippen LogP contribution in [0.2, 0.25) is 0 Å². The summed E-state index contributed by atoms with van der Waals surface area (Å²) in [6.07, 6.45) is 5.45. The zero-order chi connectivity index (χ0) is 24.9. The molecule has 1 aromatic heterocycles. The van der Waals surface area contributed by atoms with E-state index in [2.05, 4.69) is 5.32 Å². The summed E-state index contributed by atoms with van der Waals surface area (Å²) in [6.45, 7) is 1.49. The maximum atomic E-state index is 13.8. The first-order chi connectivity index (χ1) is 16.8. The van der Waals surface area contributed by atoms with Gasteiger partial charge in [0.05, 0.1) is 6.26 Å². The molecule has 1 heterocycles. The minimum absolute atomic E-state index is 0.0738. The van der Waals surface area contributed by atoms with Crippen molar-refractivity contribution in [2.24, 2.45) is 0 Å². The van der Waals surface area contributed by atoms with E-state index in [1.165, 1.54) is 18.1 Å². The van der Waals surface area contributed by atoms with Crippen LogP contribution in [0.15, 0.2) is 71.3 Å². The molecule has 4 rings (SSSR count). The van der Waals surface area contributed by atoms with Crippen molar-refractivity contribution in [1.82, 2.24) is 5.32 Å². The van der Waals surface area contributed by atoms with Gasteiger partial charge in [-0.3, -0.25) is 19.3 Å². The highest BCUT2D eigenvalue weighted by molar-refractivity contribution is 6.09. The Hall–Kier alpha value is -3.87. The smallest absolute Gasteiger partial charge is 0.294 e. The van der Waals surface area contributed by atoms with Crippen molar-refractivity contribution in [3.63, 3.8) is 0 Å². The van der Waals surface area contributed by atoms with Gasteiger partial charge in [0.2, 0.25) is 5.91 Å². The number of ketones is 1. The Kier molecular flexibility index (Phi) is 7.34. The lowest BCUT2D eigenvalue weighted by molar-refractivity contribution is -0.123. The predicted octanol–water partition coefficient (Wildman–Crippen LogP) is 5.00. The second kappa shape index (κ2) is 10.6. The van der Waals surface area contributed by atoms with Crippen LogP contribution in [0.25, 0.3) is 0 Å². The number of carbonyl (C=O) groups excluding carboxylic acids is 3. The number of nitrogens with zero attached hydrogens (tertiary/aromatic N) is 2. The Labute approximate surface area is 205 Å². The molecule has 1 aliphatic carbocycles. The molecule has 7 nitrogen and oxygen atoms in total. The maximum Gasteiger partial charge on any atom is 0.294 e. The van der Waals surface area contributed by atoms with Crippen molar-refractivity contribution in [1.29, 1.82) is 0 Å². The molecule has 2 aromatic carbocycles. The number of Topliss-reactive ketones (excluding diaryl/α,β-unsaturated/α-hetero) is 1. The van der Waals surface area contributed by atoms with Crippen molar-refractivity contribution < 1.29 is 18.8 Å². The molecular weight excluding hydrogens is 442 g/mol. The van der Waals surface area contributed by atoms with E-state index in [4.69, 9.17) is 4.42 Å². The lowest BCUT2D eigenvalue weighted by Gasteiger charge is -2.32. The van der Waals surface area contributed by atoms with Crippen LogP contribution in [-0.4, -0.2) is 37.7 Å². The summed E-state index contributed by atoms with van der Waals surface area (Å²) in [7, 11) is 3.89. The fourth-order valence-electron chi connectivity index (χ4n) is 4.48. The normalized spacial score (nSPS) is 14.4. The van der Waals surface area contributed by atoms with Gasteiger partial charge in [0.15, 0.2) is 11.5 Å². The van der Waals surface area contributed by atoms with E-state index >= 15 is 0 Å². The number of rotatable bonds is 8. The van der Waals surface area contributed by atoms with E-state index in [-0.39, 0.29) is 23.5 Å². The summed E-state index contributed by atoms with van der Waals surface area (Å²) in [4.78, 5) is 42.8. The van der Waals surface area contributed by atoms with Crippen molar-refractivity contribution >= 4 is 29.0 Å². The summed E-state index contributed by atoms with van der Waals surface area (Å²) in [5, 5.41) is 3.17. The monoisotopic (exact) mass is 473 g/mol. The molecule has 182 valence electrons. The third-order valence-corrected chi connectivity index (χ3v) is 6.44. The lowest BCUT2D eigenvalue weighted by Crippen LogP contribution is -2.46. The third-order valence-electron chi connectivity index (χ3n) is 6.44. The summed E-state index contributed by atoms with van der Waals surface area (Å²) >= 11 is 0. The van der Waals surface area contributed by atoms with E-state index < -0.39 is 11.9 Å². The van der Waals surface area contributed by atoms with Crippen LogP contribution in [0.1, 0.15) is 65.1 Å². The molecule has 7 heteroatoms. The van der Waals surface area contributed by atoms with Crippen LogP contribution in [0.4, 0.5) is 11.4 Å². The highest BCUT2D eigenvalue weighted by atomic mass is 16.3. The number of carbonyl (C=O) groups is 3. The van der Waals surface area contributed by atoms with Gasteiger partial charge >= 0.3 is 0 Å². The van der Waals surface area contributed by atoms with Gasteiger partial charge in [-0.05, 0) is 73.9 Å². The first-order valence-electron chi connectivity index (χ1n) is 11.9. The van der Waals surface area contributed by atoms with E-state index in [0.717, 1.165) is 31.4 Å². The fraction of sp³-hybridized carbons (Fsp3) is 0.321. The number of nitrogens with one attached hydrogen (secondary N) is 1. The third kappa shape index (κ3) is 5.45. The quantitative estimate of drug-likeness (QED) is 0.466. The van der Waals surface area contributed by atoms with Gasteiger partial charge in [-0.25, -0.2) is 0 Å². The molecule has 1 aliphatic rings. The summed E-state index contributed by atoms with van der Waals surface area (Å²) < 4.78 is 5.43. The number of amides is 2. The summed E-state index contributed by atoms with van der Waals surface area (Å²) in [6, 6.07) is 16.7. The molecule has 1 fully saturated rings. The average Bonchev–Trinajstić information content (AvgIpc) is 3.57. The van der Waals surface area contributed by atoms with Crippen molar-refractivity contribution in [2.45, 2.75) is 44.7 Å². The first-order valence-corrected chi connectivity index (χ1v) is 11.9. The molecule has 2 amide bonds. The van der Waals surface area contributed by atoms with Crippen LogP contribution in [-0.2, 0) is 4.79 Å². The summed E-state index contributed by atoms with van der Waals surface area (Å²) in [5.74, 6) is -0.627. The fourth-order valence-corrected chi connectivity index (χ4v) is 4.48. The molecule has 0 radical (unpaired) electrons. The Balaban J connectivity index is 1.80. The maximum absolute atomic E-state index is 13.8. The molecule has 0 aliphatic heterocycles. The minimum atomic E-state index is -0.924. The van der Waals surface area contributed by atoms with Crippen LogP contribution in [0.3, 0.4) is 0 Å². The number of hydrogen-bond acceptors (Lipinski definition) is 5. The van der Waals surface area contributed by atoms with E-state index in [0.29, 0.717) is 16.8 Å². The summed E-state index contributed by atoms with van der Waals surface area (Å²) in [5.41, 5.74) is 2.70. The van der Waals surface area contributed by atoms with Gasteiger partial charge in [-0.1, -0.05) is 25.0 Å². The molecule has 3 aromatic rings. The van der Waals surface area contributed by atoms with Gasteiger partial charge in [0.1, 0.15) is 6.04 Å².